The Morgan fingerprint density at radius 1 is 1.28 bits per heavy atom. The molecular formula is C17H17ClN4O3. The zero-order valence-electron chi connectivity index (χ0n) is 13.5. The molecule has 0 unspecified atom stereocenters. The van der Waals surface area contributed by atoms with Gasteiger partial charge in [-0.3, -0.25) is 0 Å². The van der Waals surface area contributed by atoms with E-state index in [1.54, 1.807) is 24.4 Å². The van der Waals surface area contributed by atoms with Crippen LogP contribution in [0.5, 0.6) is 0 Å². The SMILES string of the molecule is COC[C@@H](O)CNc1ccc(-c2nc(-c3cccc(Cl)c3)no2)cn1. The average molecular weight is 361 g/mol. The van der Waals surface area contributed by atoms with Crippen molar-refractivity contribution >= 4 is 17.4 Å². The fourth-order valence-electron chi connectivity index (χ4n) is 2.18. The number of ether oxygens (including phenoxy) is 1. The number of methoxy groups -OCH3 is 1. The number of rotatable bonds is 7. The summed E-state index contributed by atoms with van der Waals surface area (Å²) in [7, 11) is 1.54. The zero-order valence-corrected chi connectivity index (χ0v) is 14.3. The number of pyridine rings is 1. The van der Waals surface area contributed by atoms with E-state index in [4.69, 9.17) is 20.9 Å². The normalized spacial score (nSPS) is 12.1. The minimum Gasteiger partial charge on any atom is -0.389 e. The van der Waals surface area contributed by atoms with Crippen LogP contribution >= 0.6 is 11.6 Å². The minimum absolute atomic E-state index is 0.263. The van der Waals surface area contributed by atoms with Gasteiger partial charge in [-0.15, -0.1) is 0 Å². The molecule has 2 N–H and O–H groups in total. The van der Waals surface area contributed by atoms with E-state index < -0.39 is 6.10 Å². The lowest BCUT2D eigenvalue weighted by molar-refractivity contribution is 0.0727. The fourth-order valence-corrected chi connectivity index (χ4v) is 2.37. The first kappa shape index (κ1) is 17.3. The molecule has 1 aromatic carbocycles. The van der Waals surface area contributed by atoms with Crippen molar-refractivity contribution in [3.8, 4) is 22.8 Å². The largest absolute Gasteiger partial charge is 0.389 e. The van der Waals surface area contributed by atoms with Crippen LogP contribution in [-0.2, 0) is 4.74 Å². The van der Waals surface area contributed by atoms with Crippen LogP contribution in [0.3, 0.4) is 0 Å². The Kier molecular flexibility index (Phi) is 5.60. The van der Waals surface area contributed by atoms with E-state index >= 15 is 0 Å². The number of aliphatic hydroxyl groups excluding tert-OH is 1. The van der Waals surface area contributed by atoms with Gasteiger partial charge in [-0.05, 0) is 24.3 Å². The van der Waals surface area contributed by atoms with Gasteiger partial charge in [0.05, 0.1) is 18.3 Å². The highest BCUT2D eigenvalue weighted by molar-refractivity contribution is 6.30. The molecule has 0 bridgehead atoms. The summed E-state index contributed by atoms with van der Waals surface area (Å²) in [4.78, 5) is 8.64. The molecule has 2 aromatic heterocycles. The van der Waals surface area contributed by atoms with E-state index in [1.165, 1.54) is 7.11 Å². The number of aliphatic hydroxyl groups is 1. The molecule has 7 nitrogen and oxygen atoms in total. The highest BCUT2D eigenvalue weighted by Crippen LogP contribution is 2.24. The molecule has 0 amide bonds. The summed E-state index contributed by atoms with van der Waals surface area (Å²) in [6.07, 6.45) is 1.03. The molecule has 0 saturated heterocycles. The third-order valence-electron chi connectivity index (χ3n) is 3.40. The molecule has 0 fully saturated rings. The van der Waals surface area contributed by atoms with E-state index in [2.05, 4.69) is 20.4 Å². The number of nitrogens with one attached hydrogen (secondary N) is 1. The molecule has 130 valence electrons. The summed E-state index contributed by atoms with van der Waals surface area (Å²) in [6.45, 7) is 0.610. The molecule has 0 spiro atoms. The summed E-state index contributed by atoms with van der Waals surface area (Å²) >= 11 is 5.98. The van der Waals surface area contributed by atoms with Crippen molar-refractivity contribution < 1.29 is 14.4 Å². The molecule has 3 rings (SSSR count). The lowest BCUT2D eigenvalue weighted by Gasteiger charge is -2.10. The summed E-state index contributed by atoms with van der Waals surface area (Å²) in [5.41, 5.74) is 1.48. The Morgan fingerprint density at radius 3 is 2.88 bits per heavy atom. The van der Waals surface area contributed by atoms with Gasteiger partial charge in [0.25, 0.3) is 5.89 Å². The minimum atomic E-state index is -0.595. The van der Waals surface area contributed by atoms with Gasteiger partial charge in [-0.2, -0.15) is 4.98 Å². The summed E-state index contributed by atoms with van der Waals surface area (Å²) in [5, 5.41) is 17.2. The highest BCUT2D eigenvalue weighted by Gasteiger charge is 2.11. The lowest BCUT2D eigenvalue weighted by Crippen LogP contribution is -2.24. The van der Waals surface area contributed by atoms with Gasteiger partial charge in [-0.1, -0.05) is 28.9 Å². The van der Waals surface area contributed by atoms with Crippen molar-refractivity contribution in [3.63, 3.8) is 0 Å². The monoisotopic (exact) mass is 360 g/mol. The molecule has 0 aliphatic rings. The van der Waals surface area contributed by atoms with Crippen LogP contribution in [0.2, 0.25) is 5.02 Å². The van der Waals surface area contributed by atoms with Crippen molar-refractivity contribution in [2.24, 2.45) is 0 Å². The highest BCUT2D eigenvalue weighted by atomic mass is 35.5. The number of anilines is 1. The van der Waals surface area contributed by atoms with Crippen molar-refractivity contribution in [3.05, 3.63) is 47.6 Å². The van der Waals surface area contributed by atoms with Gasteiger partial charge in [0.1, 0.15) is 5.82 Å². The molecule has 0 radical (unpaired) electrons. The van der Waals surface area contributed by atoms with Gasteiger partial charge in [0.2, 0.25) is 5.82 Å². The predicted octanol–water partition coefficient (Wildman–Crippen LogP) is 2.87. The van der Waals surface area contributed by atoms with Crippen molar-refractivity contribution in [2.75, 3.05) is 25.6 Å². The molecule has 2 heterocycles. The van der Waals surface area contributed by atoms with Crippen LogP contribution in [0.1, 0.15) is 0 Å². The number of hydrogen-bond donors (Lipinski definition) is 2. The van der Waals surface area contributed by atoms with Gasteiger partial charge >= 0.3 is 0 Å². The van der Waals surface area contributed by atoms with Gasteiger partial charge in [0.15, 0.2) is 0 Å². The Balaban J connectivity index is 1.68. The smallest absolute Gasteiger partial charge is 0.259 e. The lowest BCUT2D eigenvalue weighted by atomic mass is 10.2. The molecule has 0 saturated carbocycles. The first-order valence-electron chi connectivity index (χ1n) is 7.62. The van der Waals surface area contributed by atoms with Crippen molar-refractivity contribution in [1.29, 1.82) is 0 Å². The Hall–Kier alpha value is -2.48. The van der Waals surface area contributed by atoms with E-state index in [9.17, 15) is 5.11 Å². The van der Waals surface area contributed by atoms with E-state index in [-0.39, 0.29) is 6.61 Å². The molecule has 0 aliphatic carbocycles. The van der Waals surface area contributed by atoms with Crippen LogP contribution in [0, 0.1) is 0 Å². The van der Waals surface area contributed by atoms with E-state index in [1.807, 2.05) is 18.2 Å². The summed E-state index contributed by atoms with van der Waals surface area (Å²) < 4.78 is 10.2. The number of halogens is 1. The Labute approximate surface area is 149 Å². The third-order valence-corrected chi connectivity index (χ3v) is 3.63. The third kappa shape index (κ3) is 4.54. The summed E-state index contributed by atoms with van der Waals surface area (Å²) in [6, 6.07) is 10.8. The quantitative estimate of drug-likeness (QED) is 0.669. The van der Waals surface area contributed by atoms with Crippen LogP contribution in [0.15, 0.2) is 47.1 Å². The van der Waals surface area contributed by atoms with Crippen LogP contribution < -0.4 is 5.32 Å². The number of aromatic nitrogens is 3. The molecule has 25 heavy (non-hydrogen) atoms. The van der Waals surface area contributed by atoms with Crippen molar-refractivity contribution in [2.45, 2.75) is 6.10 Å². The van der Waals surface area contributed by atoms with Gasteiger partial charge in [-0.25, -0.2) is 4.98 Å². The van der Waals surface area contributed by atoms with Crippen LogP contribution in [0.25, 0.3) is 22.8 Å². The first-order valence-corrected chi connectivity index (χ1v) is 8.00. The maximum atomic E-state index is 9.62. The Bertz CT molecular complexity index is 823. The molecule has 0 aliphatic heterocycles. The van der Waals surface area contributed by atoms with Gasteiger partial charge in [0, 0.05) is 30.4 Å². The molecule has 8 heteroatoms. The maximum Gasteiger partial charge on any atom is 0.259 e. The topological polar surface area (TPSA) is 93.3 Å². The fraction of sp³-hybridized carbons (Fsp3) is 0.235. The second-order valence-electron chi connectivity index (χ2n) is 5.36. The Morgan fingerprint density at radius 2 is 2.16 bits per heavy atom. The number of hydrogen-bond acceptors (Lipinski definition) is 7. The van der Waals surface area contributed by atoms with Crippen LogP contribution in [-0.4, -0.2) is 46.6 Å². The molecular weight excluding hydrogens is 344 g/mol. The predicted molar refractivity (Wildman–Crippen MR) is 94.3 cm³/mol. The first-order chi connectivity index (χ1) is 12.2. The number of nitrogens with zero attached hydrogens (tertiary/aromatic N) is 3. The van der Waals surface area contributed by atoms with Crippen LogP contribution in [0.4, 0.5) is 5.82 Å². The van der Waals surface area contributed by atoms with Crippen molar-refractivity contribution in [1.82, 2.24) is 15.1 Å². The van der Waals surface area contributed by atoms with Gasteiger partial charge < -0.3 is 19.7 Å². The second kappa shape index (κ2) is 8.06. The number of benzene rings is 1. The van der Waals surface area contributed by atoms with E-state index in [0.717, 1.165) is 5.56 Å². The molecule has 3 aromatic rings. The van der Waals surface area contributed by atoms with E-state index in [0.29, 0.717) is 34.7 Å². The second-order valence-corrected chi connectivity index (χ2v) is 5.79. The zero-order chi connectivity index (χ0) is 17.6. The summed E-state index contributed by atoms with van der Waals surface area (Å²) in [5.74, 6) is 1.46. The maximum absolute atomic E-state index is 9.62. The molecule has 1 atom stereocenters. The standard InChI is InChI=1S/C17H17ClN4O3/c1-24-10-14(23)9-20-15-6-5-12(8-19-15)17-21-16(22-25-17)11-3-2-4-13(18)7-11/h2-8,14,23H,9-10H2,1H3,(H,19,20)/t14-/m0/s1. The average Bonchev–Trinajstić information content (AvgIpc) is 3.11.